The summed E-state index contributed by atoms with van der Waals surface area (Å²) in [5.74, 6) is 0.440. The Labute approximate surface area is 164 Å². The van der Waals surface area contributed by atoms with Crippen molar-refractivity contribution in [2.45, 2.75) is 27.7 Å². The SMILES string of the molecule is Cc1cc(C)c2oc(-c3cccc(NC(=O)c4ccccc4C)c3C)nc2c1. The molecular formula is C24H22N2O2. The summed E-state index contributed by atoms with van der Waals surface area (Å²) in [6.07, 6.45) is 0. The van der Waals surface area contributed by atoms with Gasteiger partial charge in [0, 0.05) is 16.8 Å². The quantitative estimate of drug-likeness (QED) is 0.482. The zero-order valence-electron chi connectivity index (χ0n) is 16.5. The van der Waals surface area contributed by atoms with E-state index in [0.29, 0.717) is 11.5 Å². The number of rotatable bonds is 3. The molecule has 0 aliphatic carbocycles. The maximum atomic E-state index is 12.7. The summed E-state index contributed by atoms with van der Waals surface area (Å²) in [7, 11) is 0. The Morgan fingerprint density at radius 2 is 1.71 bits per heavy atom. The van der Waals surface area contributed by atoms with Gasteiger partial charge in [0.1, 0.15) is 5.52 Å². The molecule has 4 heteroatoms. The number of carbonyl (C=O) groups excluding carboxylic acids is 1. The summed E-state index contributed by atoms with van der Waals surface area (Å²) in [4.78, 5) is 17.4. The van der Waals surface area contributed by atoms with Crippen LogP contribution >= 0.6 is 0 Å². The summed E-state index contributed by atoms with van der Waals surface area (Å²) in [5.41, 5.74) is 8.02. The summed E-state index contributed by atoms with van der Waals surface area (Å²) >= 11 is 0. The van der Waals surface area contributed by atoms with Crippen LogP contribution in [0.4, 0.5) is 5.69 Å². The van der Waals surface area contributed by atoms with E-state index < -0.39 is 0 Å². The molecule has 1 heterocycles. The van der Waals surface area contributed by atoms with Gasteiger partial charge in [-0.3, -0.25) is 4.79 Å². The molecule has 3 aromatic carbocycles. The fourth-order valence-electron chi connectivity index (χ4n) is 3.51. The molecule has 0 radical (unpaired) electrons. The van der Waals surface area contributed by atoms with Crippen molar-refractivity contribution < 1.29 is 9.21 Å². The van der Waals surface area contributed by atoms with Crippen LogP contribution in [0.5, 0.6) is 0 Å². The van der Waals surface area contributed by atoms with Gasteiger partial charge in [-0.25, -0.2) is 4.98 Å². The molecule has 1 N–H and O–H groups in total. The average Bonchev–Trinajstić information content (AvgIpc) is 3.08. The number of hydrogen-bond acceptors (Lipinski definition) is 3. The van der Waals surface area contributed by atoms with Gasteiger partial charge in [0.25, 0.3) is 5.91 Å². The third kappa shape index (κ3) is 3.18. The lowest BCUT2D eigenvalue weighted by Crippen LogP contribution is -2.14. The summed E-state index contributed by atoms with van der Waals surface area (Å²) in [6, 6.07) is 17.4. The highest BCUT2D eigenvalue weighted by Gasteiger charge is 2.16. The van der Waals surface area contributed by atoms with Crippen molar-refractivity contribution in [3.05, 3.63) is 82.4 Å². The maximum absolute atomic E-state index is 12.7. The highest BCUT2D eigenvalue weighted by atomic mass is 16.3. The van der Waals surface area contributed by atoms with E-state index in [9.17, 15) is 4.79 Å². The van der Waals surface area contributed by atoms with E-state index in [1.54, 1.807) is 0 Å². The van der Waals surface area contributed by atoms with Crippen molar-refractivity contribution in [3.8, 4) is 11.5 Å². The molecule has 4 aromatic rings. The Bertz CT molecular complexity index is 1200. The van der Waals surface area contributed by atoms with Crippen molar-refractivity contribution in [1.29, 1.82) is 0 Å². The van der Waals surface area contributed by atoms with Gasteiger partial charge < -0.3 is 9.73 Å². The van der Waals surface area contributed by atoms with Crippen LogP contribution in [-0.4, -0.2) is 10.9 Å². The molecule has 0 atom stereocenters. The van der Waals surface area contributed by atoms with E-state index >= 15 is 0 Å². The second kappa shape index (κ2) is 6.97. The van der Waals surface area contributed by atoms with Crippen LogP contribution < -0.4 is 5.32 Å². The fraction of sp³-hybridized carbons (Fsp3) is 0.167. The highest BCUT2D eigenvalue weighted by Crippen LogP contribution is 2.32. The third-order valence-electron chi connectivity index (χ3n) is 5.02. The van der Waals surface area contributed by atoms with E-state index in [2.05, 4.69) is 16.4 Å². The number of aromatic nitrogens is 1. The first-order chi connectivity index (χ1) is 13.4. The van der Waals surface area contributed by atoms with Gasteiger partial charge in [-0.15, -0.1) is 0 Å². The molecule has 1 aromatic heterocycles. The van der Waals surface area contributed by atoms with Crippen LogP contribution in [0.3, 0.4) is 0 Å². The van der Waals surface area contributed by atoms with Gasteiger partial charge in [-0.1, -0.05) is 30.3 Å². The number of fused-ring (bicyclic) bond motifs is 1. The molecule has 0 saturated carbocycles. The van der Waals surface area contributed by atoms with Crippen LogP contribution in [0.1, 0.15) is 32.6 Å². The topological polar surface area (TPSA) is 55.1 Å². The standard InChI is InChI=1S/C24H22N2O2/c1-14-12-16(3)22-21(13-14)26-24(28-22)19-10-7-11-20(17(19)4)25-23(27)18-9-6-5-8-15(18)2/h5-13H,1-4H3,(H,25,27). The average molecular weight is 370 g/mol. The third-order valence-corrected chi connectivity index (χ3v) is 5.02. The van der Waals surface area contributed by atoms with E-state index in [0.717, 1.165) is 44.6 Å². The molecule has 0 aliphatic heterocycles. The van der Waals surface area contributed by atoms with Gasteiger partial charge in [0.2, 0.25) is 5.89 Å². The number of carbonyl (C=O) groups is 1. The molecule has 0 fully saturated rings. The van der Waals surface area contributed by atoms with Crippen molar-refractivity contribution in [2.24, 2.45) is 0 Å². The lowest BCUT2D eigenvalue weighted by Gasteiger charge is -2.12. The fourth-order valence-corrected chi connectivity index (χ4v) is 3.51. The number of nitrogens with one attached hydrogen (secondary N) is 1. The molecule has 4 nitrogen and oxygen atoms in total. The van der Waals surface area contributed by atoms with Crippen molar-refractivity contribution in [2.75, 3.05) is 5.32 Å². The minimum absolute atomic E-state index is 0.123. The maximum Gasteiger partial charge on any atom is 0.255 e. The minimum Gasteiger partial charge on any atom is -0.436 e. The number of hydrogen-bond donors (Lipinski definition) is 1. The zero-order chi connectivity index (χ0) is 19.8. The Morgan fingerprint density at radius 3 is 2.50 bits per heavy atom. The number of aryl methyl sites for hydroxylation is 3. The molecular weight excluding hydrogens is 348 g/mol. The summed E-state index contributed by atoms with van der Waals surface area (Å²) < 4.78 is 6.06. The second-order valence-corrected chi connectivity index (χ2v) is 7.20. The predicted molar refractivity (Wildman–Crippen MR) is 113 cm³/mol. The number of nitrogens with zero attached hydrogens (tertiary/aromatic N) is 1. The molecule has 140 valence electrons. The highest BCUT2D eigenvalue weighted by molar-refractivity contribution is 6.06. The molecule has 28 heavy (non-hydrogen) atoms. The zero-order valence-corrected chi connectivity index (χ0v) is 16.5. The van der Waals surface area contributed by atoms with E-state index in [1.165, 1.54) is 0 Å². The summed E-state index contributed by atoms with van der Waals surface area (Å²) in [6.45, 7) is 7.97. The second-order valence-electron chi connectivity index (χ2n) is 7.20. The van der Waals surface area contributed by atoms with Crippen LogP contribution in [0.2, 0.25) is 0 Å². The van der Waals surface area contributed by atoms with E-state index in [1.807, 2.05) is 76.2 Å². The number of benzene rings is 3. The van der Waals surface area contributed by atoms with Crippen molar-refractivity contribution in [3.63, 3.8) is 0 Å². The lowest BCUT2D eigenvalue weighted by atomic mass is 10.1. The monoisotopic (exact) mass is 370 g/mol. The largest absolute Gasteiger partial charge is 0.436 e. The Balaban J connectivity index is 1.72. The Morgan fingerprint density at radius 1 is 0.929 bits per heavy atom. The number of amides is 1. The molecule has 0 unspecified atom stereocenters. The van der Waals surface area contributed by atoms with Gasteiger partial charge >= 0.3 is 0 Å². The van der Waals surface area contributed by atoms with Gasteiger partial charge in [-0.2, -0.15) is 0 Å². The van der Waals surface area contributed by atoms with Gasteiger partial charge in [0.05, 0.1) is 0 Å². The first-order valence-corrected chi connectivity index (χ1v) is 9.29. The molecule has 0 saturated heterocycles. The number of anilines is 1. The first kappa shape index (κ1) is 18.0. The van der Waals surface area contributed by atoms with Gasteiger partial charge in [0.15, 0.2) is 5.58 Å². The first-order valence-electron chi connectivity index (χ1n) is 9.29. The Hall–Kier alpha value is -3.40. The van der Waals surface area contributed by atoms with E-state index in [4.69, 9.17) is 4.42 Å². The molecule has 1 amide bonds. The normalized spacial score (nSPS) is 11.0. The van der Waals surface area contributed by atoms with Crippen LogP contribution in [0.15, 0.2) is 59.0 Å². The molecule has 0 spiro atoms. The Kier molecular flexibility index (Phi) is 4.47. The van der Waals surface area contributed by atoms with Crippen molar-refractivity contribution in [1.82, 2.24) is 4.98 Å². The smallest absolute Gasteiger partial charge is 0.255 e. The number of oxazole rings is 1. The predicted octanol–water partition coefficient (Wildman–Crippen LogP) is 5.98. The molecule has 0 bridgehead atoms. The lowest BCUT2D eigenvalue weighted by molar-refractivity contribution is 0.102. The molecule has 4 rings (SSSR count). The molecule has 0 aliphatic rings. The van der Waals surface area contributed by atoms with Crippen molar-refractivity contribution >= 4 is 22.7 Å². The van der Waals surface area contributed by atoms with Gasteiger partial charge in [-0.05, 0) is 74.2 Å². The van der Waals surface area contributed by atoms with Crippen LogP contribution in [0.25, 0.3) is 22.6 Å². The summed E-state index contributed by atoms with van der Waals surface area (Å²) in [5, 5.41) is 3.02. The minimum atomic E-state index is -0.123. The van der Waals surface area contributed by atoms with Crippen LogP contribution in [-0.2, 0) is 0 Å². The van der Waals surface area contributed by atoms with Crippen LogP contribution in [0, 0.1) is 27.7 Å². The van der Waals surface area contributed by atoms with E-state index in [-0.39, 0.29) is 5.91 Å².